The van der Waals surface area contributed by atoms with Crippen molar-refractivity contribution in [1.82, 2.24) is 29.0 Å². The van der Waals surface area contributed by atoms with Gasteiger partial charge in [-0.25, -0.2) is 18.1 Å². The van der Waals surface area contributed by atoms with Crippen LogP contribution < -0.4 is 4.72 Å². The van der Waals surface area contributed by atoms with E-state index in [1.54, 1.807) is 28.7 Å². The van der Waals surface area contributed by atoms with Crippen LogP contribution in [0.5, 0.6) is 0 Å². The van der Waals surface area contributed by atoms with E-state index in [1.807, 2.05) is 25.4 Å². The zero-order chi connectivity index (χ0) is 16.4. The van der Waals surface area contributed by atoms with Crippen LogP contribution in [0.3, 0.4) is 0 Å². The van der Waals surface area contributed by atoms with Gasteiger partial charge in [-0.3, -0.25) is 9.67 Å². The second kappa shape index (κ2) is 5.94. The van der Waals surface area contributed by atoms with Crippen LogP contribution in [0.15, 0.2) is 48.3 Å². The zero-order valence-corrected chi connectivity index (χ0v) is 13.5. The average Bonchev–Trinajstić information content (AvgIpc) is 3.15. The molecule has 120 valence electrons. The second-order valence-corrected chi connectivity index (χ2v) is 6.87. The minimum Gasteiger partial charge on any atom is -0.339 e. The molecule has 3 rings (SSSR count). The lowest BCUT2D eigenvalue weighted by atomic mass is 10.2. The molecule has 0 unspecified atom stereocenters. The molecular weight excluding hydrogens is 316 g/mol. The maximum absolute atomic E-state index is 12.1. The average molecular weight is 332 g/mol. The predicted molar refractivity (Wildman–Crippen MR) is 83.7 cm³/mol. The van der Waals surface area contributed by atoms with Gasteiger partial charge in [0.25, 0.3) is 10.0 Å². The molecule has 0 saturated heterocycles. The van der Waals surface area contributed by atoms with E-state index in [4.69, 9.17) is 0 Å². The molecule has 23 heavy (non-hydrogen) atoms. The fraction of sp³-hybridized carbons (Fsp3) is 0.214. The summed E-state index contributed by atoms with van der Waals surface area (Å²) in [6.07, 6.45) is 8.13. The molecule has 0 amide bonds. The normalized spacial score (nSPS) is 11.7. The summed E-state index contributed by atoms with van der Waals surface area (Å²) in [6.45, 7) is 0.152. The molecule has 0 aromatic carbocycles. The fourth-order valence-electron chi connectivity index (χ4n) is 2.03. The Labute approximate surface area is 133 Å². The lowest BCUT2D eigenvalue weighted by Gasteiger charge is -2.05. The summed E-state index contributed by atoms with van der Waals surface area (Å²) >= 11 is 0. The largest absolute Gasteiger partial charge is 0.339 e. The number of nitrogens with zero attached hydrogens (tertiary/aromatic N) is 5. The first kappa shape index (κ1) is 15.4. The first-order chi connectivity index (χ1) is 10.9. The number of rotatable bonds is 5. The Morgan fingerprint density at radius 3 is 2.52 bits per heavy atom. The van der Waals surface area contributed by atoms with Crippen LogP contribution in [-0.2, 0) is 30.7 Å². The van der Waals surface area contributed by atoms with E-state index in [0.29, 0.717) is 0 Å². The van der Waals surface area contributed by atoms with Crippen molar-refractivity contribution >= 4 is 10.0 Å². The number of pyridine rings is 1. The summed E-state index contributed by atoms with van der Waals surface area (Å²) in [5.74, 6) is 0. The summed E-state index contributed by atoms with van der Waals surface area (Å²) in [7, 11) is -0.0667. The maximum atomic E-state index is 12.1. The third kappa shape index (κ3) is 3.46. The monoisotopic (exact) mass is 332 g/mol. The molecule has 0 aliphatic rings. The van der Waals surface area contributed by atoms with Gasteiger partial charge in [0.1, 0.15) is 0 Å². The molecule has 0 spiro atoms. The van der Waals surface area contributed by atoms with Crippen LogP contribution in [0.1, 0.15) is 5.56 Å². The topological polar surface area (TPSA) is 94.7 Å². The number of aryl methyl sites for hydroxylation is 2. The Kier molecular flexibility index (Phi) is 3.97. The number of hydrogen-bond donors (Lipinski definition) is 1. The quantitative estimate of drug-likeness (QED) is 0.742. The van der Waals surface area contributed by atoms with E-state index in [2.05, 4.69) is 19.8 Å². The molecule has 1 N–H and O–H groups in total. The van der Waals surface area contributed by atoms with Gasteiger partial charge in [0.05, 0.1) is 18.2 Å². The van der Waals surface area contributed by atoms with Gasteiger partial charge in [-0.1, -0.05) is 6.07 Å². The highest BCUT2D eigenvalue weighted by Crippen LogP contribution is 2.15. The first-order valence-corrected chi connectivity index (χ1v) is 8.34. The van der Waals surface area contributed by atoms with Gasteiger partial charge in [0, 0.05) is 44.8 Å². The van der Waals surface area contributed by atoms with Gasteiger partial charge in [-0.05, 0) is 11.6 Å². The van der Waals surface area contributed by atoms with Gasteiger partial charge in [-0.2, -0.15) is 5.10 Å². The van der Waals surface area contributed by atoms with Crippen molar-refractivity contribution in [2.75, 3.05) is 0 Å². The van der Waals surface area contributed by atoms with Gasteiger partial charge in [0.15, 0.2) is 5.03 Å². The van der Waals surface area contributed by atoms with Gasteiger partial charge < -0.3 is 4.57 Å². The van der Waals surface area contributed by atoms with Crippen molar-refractivity contribution in [2.45, 2.75) is 11.6 Å². The number of hydrogen-bond acceptors (Lipinski definition) is 5. The summed E-state index contributed by atoms with van der Waals surface area (Å²) in [4.78, 5) is 8.18. The summed E-state index contributed by atoms with van der Waals surface area (Å²) in [5.41, 5.74) is 2.46. The van der Waals surface area contributed by atoms with E-state index < -0.39 is 10.0 Å². The SMILES string of the molecule is Cn1cnc(S(=O)(=O)NCc2ccc(-c3cnn(C)c3)nc2)c1. The molecule has 0 radical (unpaired) electrons. The molecule has 0 fully saturated rings. The molecule has 0 aliphatic carbocycles. The smallest absolute Gasteiger partial charge is 0.259 e. The molecular formula is C14H16N6O2S. The number of nitrogens with one attached hydrogen (secondary N) is 1. The van der Waals surface area contributed by atoms with Crippen LogP contribution in [0.2, 0.25) is 0 Å². The molecule has 8 nitrogen and oxygen atoms in total. The Bertz CT molecular complexity index is 911. The van der Waals surface area contributed by atoms with Crippen molar-refractivity contribution in [1.29, 1.82) is 0 Å². The first-order valence-electron chi connectivity index (χ1n) is 6.85. The third-order valence-electron chi connectivity index (χ3n) is 3.25. The van der Waals surface area contributed by atoms with Crippen LogP contribution >= 0.6 is 0 Å². The maximum Gasteiger partial charge on any atom is 0.259 e. The van der Waals surface area contributed by atoms with Crippen molar-refractivity contribution < 1.29 is 8.42 Å². The van der Waals surface area contributed by atoms with Gasteiger partial charge >= 0.3 is 0 Å². The summed E-state index contributed by atoms with van der Waals surface area (Å²) in [5, 5.41) is 4.10. The second-order valence-electron chi connectivity index (χ2n) is 5.16. The third-order valence-corrected chi connectivity index (χ3v) is 4.53. The number of aromatic nitrogens is 5. The summed E-state index contributed by atoms with van der Waals surface area (Å²) in [6, 6.07) is 3.66. The highest BCUT2D eigenvalue weighted by atomic mass is 32.2. The van der Waals surface area contributed by atoms with E-state index in [1.165, 1.54) is 12.5 Å². The van der Waals surface area contributed by atoms with Gasteiger partial charge in [-0.15, -0.1) is 0 Å². The van der Waals surface area contributed by atoms with Crippen molar-refractivity contribution in [2.24, 2.45) is 14.1 Å². The molecule has 0 atom stereocenters. The zero-order valence-electron chi connectivity index (χ0n) is 12.7. The standard InChI is InChI=1S/C14H16N6O2S/c1-19-9-14(16-10-19)23(21,22)18-6-11-3-4-13(15-5-11)12-7-17-20(2)8-12/h3-5,7-10,18H,6H2,1-2H3. The van der Waals surface area contributed by atoms with E-state index in [0.717, 1.165) is 16.8 Å². The number of imidazole rings is 1. The molecule has 3 heterocycles. The molecule has 9 heteroatoms. The summed E-state index contributed by atoms with van der Waals surface area (Å²) < 4.78 is 30.0. The lowest BCUT2D eigenvalue weighted by molar-refractivity contribution is 0.578. The lowest BCUT2D eigenvalue weighted by Crippen LogP contribution is -2.23. The Hall–Kier alpha value is -2.52. The Morgan fingerprint density at radius 1 is 1.13 bits per heavy atom. The predicted octanol–water partition coefficient (Wildman–Crippen LogP) is 0.694. The molecule has 3 aromatic rings. The van der Waals surface area contributed by atoms with Gasteiger partial charge in [0.2, 0.25) is 0 Å². The Balaban J connectivity index is 1.69. The number of sulfonamides is 1. The van der Waals surface area contributed by atoms with Crippen LogP contribution in [0.25, 0.3) is 11.3 Å². The van der Waals surface area contributed by atoms with E-state index >= 15 is 0 Å². The van der Waals surface area contributed by atoms with Crippen LogP contribution in [0.4, 0.5) is 0 Å². The molecule has 0 bridgehead atoms. The van der Waals surface area contributed by atoms with Crippen molar-refractivity contribution in [3.05, 3.63) is 48.8 Å². The highest BCUT2D eigenvalue weighted by Gasteiger charge is 2.16. The van der Waals surface area contributed by atoms with Crippen LogP contribution in [0, 0.1) is 0 Å². The minimum absolute atomic E-state index is 0.0000562. The van der Waals surface area contributed by atoms with Crippen molar-refractivity contribution in [3.63, 3.8) is 0 Å². The molecule has 0 saturated carbocycles. The van der Waals surface area contributed by atoms with Crippen LogP contribution in [-0.4, -0.2) is 32.7 Å². The fourth-order valence-corrected chi connectivity index (χ4v) is 3.03. The highest BCUT2D eigenvalue weighted by molar-refractivity contribution is 7.89. The van der Waals surface area contributed by atoms with E-state index in [9.17, 15) is 8.42 Å². The molecule has 0 aliphatic heterocycles. The molecule has 3 aromatic heterocycles. The Morgan fingerprint density at radius 2 is 1.96 bits per heavy atom. The van der Waals surface area contributed by atoms with E-state index in [-0.39, 0.29) is 11.6 Å². The van der Waals surface area contributed by atoms with Crippen molar-refractivity contribution in [3.8, 4) is 11.3 Å². The minimum atomic E-state index is -3.62.